The Morgan fingerprint density at radius 2 is 2.14 bits per heavy atom. The molecule has 0 N–H and O–H groups in total. The highest BCUT2D eigenvalue weighted by molar-refractivity contribution is 7.89. The molecule has 1 aromatic carbocycles. The lowest BCUT2D eigenvalue weighted by atomic mass is 10.3. The SMILES string of the molecule is [2H]C([2H])([2H])N(CC(=O)OCC=C)S(=O)(=O)c1ccc([N+](=O)[O-])cc1. The summed E-state index contributed by atoms with van der Waals surface area (Å²) < 4.78 is 51.4. The summed E-state index contributed by atoms with van der Waals surface area (Å²) in [5.41, 5.74) is -0.361. The van der Waals surface area contributed by atoms with Crippen molar-refractivity contribution in [2.24, 2.45) is 0 Å². The van der Waals surface area contributed by atoms with Crippen LogP contribution in [0.25, 0.3) is 0 Å². The molecule has 0 unspecified atom stereocenters. The maximum absolute atomic E-state index is 12.4. The zero-order chi connectivity index (χ0) is 18.5. The zero-order valence-corrected chi connectivity index (χ0v) is 11.6. The van der Waals surface area contributed by atoms with Crippen LogP contribution in [-0.4, -0.2) is 43.7 Å². The molecule has 0 spiro atoms. The Labute approximate surface area is 126 Å². The van der Waals surface area contributed by atoms with Crippen LogP contribution in [0.2, 0.25) is 0 Å². The topological polar surface area (TPSA) is 107 Å². The minimum atomic E-state index is -4.60. The number of carbonyl (C=O) groups is 1. The van der Waals surface area contributed by atoms with Crippen LogP contribution in [0.5, 0.6) is 0 Å². The largest absolute Gasteiger partial charge is 0.460 e. The van der Waals surface area contributed by atoms with Gasteiger partial charge in [-0.2, -0.15) is 4.31 Å². The minimum Gasteiger partial charge on any atom is -0.460 e. The van der Waals surface area contributed by atoms with Gasteiger partial charge in [-0.25, -0.2) is 8.42 Å². The first-order valence-corrected chi connectivity index (χ1v) is 6.98. The third-order valence-corrected chi connectivity index (χ3v) is 3.85. The van der Waals surface area contributed by atoms with Gasteiger partial charge in [-0.15, -0.1) is 0 Å². The number of carbonyl (C=O) groups excluding carboxylic acids is 1. The van der Waals surface area contributed by atoms with Gasteiger partial charge in [0.25, 0.3) is 5.69 Å². The van der Waals surface area contributed by atoms with Crippen molar-refractivity contribution >= 4 is 21.7 Å². The van der Waals surface area contributed by atoms with E-state index in [1.165, 1.54) is 6.08 Å². The van der Waals surface area contributed by atoms with Gasteiger partial charge in [0.1, 0.15) is 13.2 Å². The number of ether oxygens (including phenoxy) is 1. The van der Waals surface area contributed by atoms with Gasteiger partial charge >= 0.3 is 5.97 Å². The Hall–Kier alpha value is -2.26. The number of hydrogen-bond acceptors (Lipinski definition) is 6. The second-order valence-corrected chi connectivity index (χ2v) is 5.60. The minimum absolute atomic E-state index is 0.00735. The smallest absolute Gasteiger partial charge is 0.321 e. The molecule has 0 aliphatic rings. The lowest BCUT2D eigenvalue weighted by Crippen LogP contribution is -2.33. The fraction of sp³-hybridized carbons (Fsp3) is 0.250. The van der Waals surface area contributed by atoms with Crippen molar-refractivity contribution in [3.63, 3.8) is 0 Å². The number of benzene rings is 1. The number of nitrogens with zero attached hydrogens (tertiary/aromatic N) is 2. The Balaban J connectivity index is 3.18. The molecule has 21 heavy (non-hydrogen) atoms. The number of likely N-dealkylation sites (N-methyl/N-ethyl adjacent to an activating group) is 1. The number of nitro benzene ring substituents is 1. The van der Waals surface area contributed by atoms with Crippen LogP contribution in [0.1, 0.15) is 4.11 Å². The molecule has 0 bridgehead atoms. The van der Waals surface area contributed by atoms with E-state index in [9.17, 15) is 23.3 Å². The molecule has 0 heterocycles. The summed E-state index contributed by atoms with van der Waals surface area (Å²) in [6, 6.07) is 3.61. The highest BCUT2D eigenvalue weighted by Crippen LogP contribution is 2.18. The number of rotatable bonds is 7. The van der Waals surface area contributed by atoms with E-state index >= 15 is 0 Å². The van der Waals surface area contributed by atoms with E-state index < -0.39 is 39.3 Å². The third kappa shape index (κ3) is 4.36. The van der Waals surface area contributed by atoms with E-state index in [2.05, 4.69) is 11.3 Å². The van der Waals surface area contributed by atoms with E-state index in [4.69, 9.17) is 4.11 Å². The van der Waals surface area contributed by atoms with Crippen molar-refractivity contribution < 1.29 is 27.0 Å². The van der Waals surface area contributed by atoms with Gasteiger partial charge in [0.2, 0.25) is 10.0 Å². The predicted octanol–water partition coefficient (Wildman–Crippen LogP) is 0.945. The molecule has 0 fully saturated rings. The molecule has 0 saturated heterocycles. The summed E-state index contributed by atoms with van der Waals surface area (Å²) in [7, 11) is -4.60. The van der Waals surface area contributed by atoms with Gasteiger partial charge in [-0.3, -0.25) is 14.9 Å². The maximum atomic E-state index is 12.4. The molecule has 0 aromatic heterocycles. The zero-order valence-electron chi connectivity index (χ0n) is 13.8. The van der Waals surface area contributed by atoms with Crippen molar-refractivity contribution in [3.05, 3.63) is 47.0 Å². The average Bonchev–Trinajstić information content (AvgIpc) is 2.49. The number of esters is 1. The van der Waals surface area contributed by atoms with Gasteiger partial charge in [0.05, 0.1) is 9.82 Å². The van der Waals surface area contributed by atoms with Gasteiger partial charge < -0.3 is 4.74 Å². The summed E-state index contributed by atoms with van der Waals surface area (Å²) in [5, 5.41) is 10.6. The quantitative estimate of drug-likeness (QED) is 0.321. The van der Waals surface area contributed by atoms with Crippen LogP contribution in [0.4, 0.5) is 5.69 Å². The highest BCUT2D eigenvalue weighted by Gasteiger charge is 2.24. The first-order valence-electron chi connectivity index (χ1n) is 7.04. The summed E-state index contributed by atoms with van der Waals surface area (Å²) in [6.45, 7) is -1.08. The third-order valence-electron chi connectivity index (χ3n) is 2.27. The molecule has 9 heteroatoms. The van der Waals surface area contributed by atoms with Crippen molar-refractivity contribution in [2.45, 2.75) is 4.90 Å². The van der Waals surface area contributed by atoms with Crippen LogP contribution in [0.3, 0.4) is 0 Å². The molecule has 0 radical (unpaired) electrons. The molecular weight excluding hydrogens is 300 g/mol. The number of hydrogen-bond donors (Lipinski definition) is 0. The van der Waals surface area contributed by atoms with E-state index in [1.54, 1.807) is 0 Å². The van der Waals surface area contributed by atoms with Gasteiger partial charge in [0, 0.05) is 23.2 Å². The van der Waals surface area contributed by atoms with Crippen LogP contribution in [-0.2, 0) is 19.6 Å². The molecule has 0 amide bonds. The molecule has 0 saturated carbocycles. The molecule has 8 nitrogen and oxygen atoms in total. The van der Waals surface area contributed by atoms with E-state index in [0.29, 0.717) is 0 Å². The normalized spacial score (nSPS) is 13.9. The average molecular weight is 317 g/mol. The molecule has 0 aliphatic heterocycles. The Morgan fingerprint density at radius 3 is 2.62 bits per heavy atom. The molecule has 1 rings (SSSR count). The predicted molar refractivity (Wildman–Crippen MR) is 74.1 cm³/mol. The highest BCUT2D eigenvalue weighted by atomic mass is 32.2. The number of non-ortho nitro benzene ring substituents is 1. The van der Waals surface area contributed by atoms with E-state index in [-0.39, 0.29) is 16.6 Å². The standard InChI is InChI=1S/C12H14N2O6S/c1-3-8-20-12(15)9-13(2)21(18,19)11-6-4-10(5-7-11)14(16)17/h3-7H,1,8-9H2,2H3/i2D3. The van der Waals surface area contributed by atoms with Crippen LogP contribution in [0.15, 0.2) is 41.8 Å². The summed E-state index contributed by atoms with van der Waals surface area (Å²) in [6.07, 6.45) is 1.24. The fourth-order valence-electron chi connectivity index (χ4n) is 1.27. The second kappa shape index (κ2) is 6.95. The van der Waals surface area contributed by atoms with Gasteiger partial charge in [-0.05, 0) is 12.1 Å². The lowest BCUT2D eigenvalue weighted by Gasteiger charge is -2.16. The van der Waals surface area contributed by atoms with Crippen LogP contribution in [0, 0.1) is 10.1 Å². The number of nitro groups is 1. The first-order chi connectivity index (χ1) is 11.0. The number of sulfonamides is 1. The van der Waals surface area contributed by atoms with Crippen molar-refractivity contribution in [1.29, 1.82) is 0 Å². The Morgan fingerprint density at radius 1 is 1.52 bits per heavy atom. The second-order valence-electron chi connectivity index (χ2n) is 3.73. The maximum Gasteiger partial charge on any atom is 0.321 e. The van der Waals surface area contributed by atoms with Crippen molar-refractivity contribution in [1.82, 2.24) is 4.31 Å². The Bertz CT molecular complexity index is 730. The molecule has 114 valence electrons. The van der Waals surface area contributed by atoms with E-state index in [1.807, 2.05) is 0 Å². The monoisotopic (exact) mass is 317 g/mol. The molecule has 0 atom stereocenters. The summed E-state index contributed by atoms with van der Waals surface area (Å²) in [5.74, 6) is -1.07. The van der Waals surface area contributed by atoms with E-state index in [0.717, 1.165) is 24.3 Å². The van der Waals surface area contributed by atoms with Crippen molar-refractivity contribution in [3.8, 4) is 0 Å². The molecule has 1 aromatic rings. The van der Waals surface area contributed by atoms with Gasteiger partial charge in [0.15, 0.2) is 0 Å². The van der Waals surface area contributed by atoms with Crippen LogP contribution >= 0.6 is 0 Å². The summed E-state index contributed by atoms with van der Waals surface area (Å²) >= 11 is 0. The summed E-state index contributed by atoms with van der Waals surface area (Å²) in [4.78, 5) is 20.9. The van der Waals surface area contributed by atoms with Crippen molar-refractivity contribution in [2.75, 3.05) is 20.1 Å². The lowest BCUT2D eigenvalue weighted by molar-refractivity contribution is -0.384. The molecule has 0 aliphatic carbocycles. The first kappa shape index (κ1) is 12.5. The van der Waals surface area contributed by atoms with Crippen LogP contribution < -0.4 is 0 Å². The van der Waals surface area contributed by atoms with Gasteiger partial charge in [-0.1, -0.05) is 12.7 Å². The fourth-order valence-corrected chi connectivity index (χ4v) is 2.28. The Kier molecular flexibility index (Phi) is 4.13. The molecular formula is C12H14N2O6S.